The molecule has 220 valence electrons. The molecule has 0 spiro atoms. The Morgan fingerprint density at radius 3 is 2.58 bits per heavy atom. The van der Waals surface area contributed by atoms with Crippen molar-refractivity contribution in [1.82, 2.24) is 24.0 Å². The molecule has 2 aliphatic rings. The van der Waals surface area contributed by atoms with Crippen LogP contribution in [0.5, 0.6) is 0 Å². The van der Waals surface area contributed by atoms with E-state index in [1.165, 1.54) is 12.4 Å². The van der Waals surface area contributed by atoms with Gasteiger partial charge in [-0.2, -0.15) is 5.10 Å². The smallest absolute Gasteiger partial charge is 0.284 e. The molecule has 2 aromatic carbocycles. The summed E-state index contributed by atoms with van der Waals surface area (Å²) in [5.74, 6) is -0.739. The fourth-order valence-corrected chi connectivity index (χ4v) is 6.65. The van der Waals surface area contributed by atoms with E-state index in [0.29, 0.717) is 53.8 Å². The van der Waals surface area contributed by atoms with Crippen LogP contribution in [0.25, 0.3) is 22.3 Å². The highest BCUT2D eigenvalue weighted by Gasteiger charge is 2.29. The Morgan fingerprint density at radius 2 is 1.81 bits per heavy atom. The van der Waals surface area contributed by atoms with Crippen molar-refractivity contribution in [3.63, 3.8) is 0 Å². The lowest BCUT2D eigenvalue weighted by molar-refractivity contribution is 0.102. The van der Waals surface area contributed by atoms with Gasteiger partial charge < -0.3 is 16.2 Å². The van der Waals surface area contributed by atoms with Crippen LogP contribution in [0.15, 0.2) is 65.7 Å². The van der Waals surface area contributed by atoms with Crippen molar-refractivity contribution in [2.24, 2.45) is 0 Å². The molecule has 0 radical (unpaired) electrons. The van der Waals surface area contributed by atoms with E-state index >= 15 is 4.39 Å². The van der Waals surface area contributed by atoms with Crippen LogP contribution in [-0.4, -0.2) is 41.1 Å². The molecule has 11 heteroatoms. The van der Waals surface area contributed by atoms with Crippen LogP contribution in [0.3, 0.4) is 0 Å². The molecule has 0 unspecified atom stereocenters. The molecule has 0 saturated heterocycles. The molecule has 1 fully saturated rings. The van der Waals surface area contributed by atoms with Crippen molar-refractivity contribution >= 4 is 22.9 Å². The number of benzene rings is 2. The molecule has 1 amide bonds. The van der Waals surface area contributed by atoms with E-state index in [2.05, 4.69) is 15.4 Å². The first kappa shape index (κ1) is 27.1. The normalized spacial score (nSPS) is 18.5. The number of amides is 1. The number of aromatic nitrogens is 5. The number of hydrogen-bond acceptors (Lipinski definition) is 6. The summed E-state index contributed by atoms with van der Waals surface area (Å²) in [6.07, 6.45) is 6.45. The van der Waals surface area contributed by atoms with Gasteiger partial charge in [0.15, 0.2) is 5.82 Å². The van der Waals surface area contributed by atoms with Gasteiger partial charge in [-0.05, 0) is 81.3 Å². The highest BCUT2D eigenvalue weighted by molar-refractivity contribution is 6.05. The molecule has 43 heavy (non-hydrogen) atoms. The van der Waals surface area contributed by atoms with E-state index in [0.717, 1.165) is 31.4 Å². The maximum Gasteiger partial charge on any atom is 0.284 e. The Hall–Kier alpha value is -4.77. The molecule has 7 rings (SSSR count). The molecular formula is C32H32FN7O3. The van der Waals surface area contributed by atoms with Gasteiger partial charge in [0.2, 0.25) is 0 Å². The number of aliphatic hydroxyl groups excluding tert-OH is 1. The molecule has 5 aromatic rings. The summed E-state index contributed by atoms with van der Waals surface area (Å²) in [6, 6.07) is 15.6. The minimum Gasteiger partial charge on any atom is -0.393 e. The van der Waals surface area contributed by atoms with Gasteiger partial charge in [-0.25, -0.2) is 18.6 Å². The Morgan fingerprint density at radius 1 is 1.02 bits per heavy atom. The number of nitrogens with zero attached hydrogens (tertiary/aromatic N) is 5. The number of carbonyl (C=O) groups is 1. The minimum atomic E-state index is -0.564. The number of rotatable bonds is 5. The van der Waals surface area contributed by atoms with Crippen molar-refractivity contribution in [2.75, 3.05) is 11.1 Å². The van der Waals surface area contributed by atoms with Gasteiger partial charge in [0.1, 0.15) is 23.2 Å². The highest BCUT2D eigenvalue weighted by Crippen LogP contribution is 2.39. The minimum absolute atomic E-state index is 0.0821. The van der Waals surface area contributed by atoms with Gasteiger partial charge in [-0.1, -0.05) is 18.2 Å². The Kier molecular flexibility index (Phi) is 6.81. The standard InChI is InChI=1S/C32H32FN7O3/c33-25-16-20(37-31(42)28-26-8-4-5-15-38(26)40(32(28)43)21-6-2-1-3-7-21)11-14-23(25)24-17-27(19-9-12-22(41)13-10-19)39-29(24)30(34)35-18-36-39/h1-3,6-7,11,14,16-19,22,41H,4-5,8-10,12-13,15H2,(H,37,42)(H2,34,35,36)/t19-,22-. The Bertz CT molecular complexity index is 1900. The number of halogens is 1. The molecule has 1 aliphatic heterocycles. The molecular weight excluding hydrogens is 549 g/mol. The Labute approximate surface area is 246 Å². The topological polar surface area (TPSA) is 132 Å². The van der Waals surface area contributed by atoms with Crippen molar-refractivity contribution in [2.45, 2.75) is 63.5 Å². The molecule has 3 aromatic heterocycles. The molecule has 10 nitrogen and oxygen atoms in total. The average molecular weight is 582 g/mol. The van der Waals surface area contributed by atoms with Gasteiger partial charge >= 0.3 is 0 Å². The molecule has 1 aliphatic carbocycles. The van der Waals surface area contributed by atoms with Gasteiger partial charge in [0.25, 0.3) is 11.5 Å². The largest absolute Gasteiger partial charge is 0.393 e. The molecule has 0 bridgehead atoms. The lowest BCUT2D eigenvalue weighted by atomic mass is 9.85. The highest BCUT2D eigenvalue weighted by atomic mass is 19.1. The number of fused-ring (bicyclic) bond motifs is 2. The van der Waals surface area contributed by atoms with E-state index in [4.69, 9.17) is 5.73 Å². The number of para-hydroxylation sites is 1. The maximum absolute atomic E-state index is 15.8. The summed E-state index contributed by atoms with van der Waals surface area (Å²) in [4.78, 5) is 31.2. The SMILES string of the molecule is Nc1ncnn2c1c(-c1ccc(NC(=O)c3c4n(n(-c5ccccc5)c3=O)CCCC4)cc1F)cc2[C@H]1CC[C@H](O)CC1. The van der Waals surface area contributed by atoms with E-state index in [1.807, 2.05) is 41.1 Å². The summed E-state index contributed by atoms with van der Waals surface area (Å²) in [5.41, 5.74) is 9.84. The molecule has 4 heterocycles. The second kappa shape index (κ2) is 10.8. The third-order valence-corrected chi connectivity index (χ3v) is 8.75. The predicted molar refractivity (Wildman–Crippen MR) is 161 cm³/mol. The van der Waals surface area contributed by atoms with Crippen molar-refractivity contribution < 1.29 is 14.3 Å². The van der Waals surface area contributed by atoms with Gasteiger partial charge in [-0.3, -0.25) is 14.3 Å². The first-order valence-electron chi connectivity index (χ1n) is 14.7. The first-order chi connectivity index (χ1) is 20.9. The number of nitrogen functional groups attached to an aromatic ring is 1. The summed E-state index contributed by atoms with van der Waals surface area (Å²) < 4.78 is 21.0. The van der Waals surface area contributed by atoms with Crippen molar-refractivity contribution in [3.8, 4) is 16.8 Å². The van der Waals surface area contributed by atoms with Crippen molar-refractivity contribution in [3.05, 3.63) is 94.0 Å². The van der Waals surface area contributed by atoms with Gasteiger partial charge in [-0.15, -0.1) is 0 Å². The number of nitrogens with two attached hydrogens (primary N) is 1. The van der Waals surface area contributed by atoms with E-state index in [9.17, 15) is 14.7 Å². The monoisotopic (exact) mass is 581 g/mol. The third kappa shape index (κ3) is 4.69. The fourth-order valence-electron chi connectivity index (χ4n) is 6.65. The number of nitrogens with one attached hydrogen (secondary N) is 1. The van der Waals surface area contributed by atoms with Crippen LogP contribution in [-0.2, 0) is 13.0 Å². The number of anilines is 2. The lowest BCUT2D eigenvalue weighted by Crippen LogP contribution is -2.25. The zero-order valence-electron chi connectivity index (χ0n) is 23.5. The molecule has 4 N–H and O–H groups in total. The number of carbonyl (C=O) groups excluding carboxylic acids is 1. The average Bonchev–Trinajstić information content (AvgIpc) is 3.54. The van der Waals surface area contributed by atoms with Crippen molar-refractivity contribution in [1.29, 1.82) is 0 Å². The second-order valence-electron chi connectivity index (χ2n) is 11.4. The molecule has 1 saturated carbocycles. The fraction of sp³-hybridized carbons (Fsp3) is 0.312. The van der Waals surface area contributed by atoms with Gasteiger partial charge in [0.05, 0.1) is 17.5 Å². The summed E-state index contributed by atoms with van der Waals surface area (Å²) in [6.45, 7) is 0.637. The van der Waals surface area contributed by atoms with Crippen LogP contribution in [0.4, 0.5) is 15.9 Å². The van der Waals surface area contributed by atoms with Crippen LogP contribution in [0, 0.1) is 5.82 Å². The summed E-state index contributed by atoms with van der Waals surface area (Å²) in [7, 11) is 0. The van der Waals surface area contributed by atoms with E-state index in [1.54, 1.807) is 21.3 Å². The zero-order valence-corrected chi connectivity index (χ0v) is 23.5. The number of hydrogen-bond donors (Lipinski definition) is 3. The zero-order chi connectivity index (χ0) is 29.7. The Balaban J connectivity index is 1.22. The van der Waals surface area contributed by atoms with E-state index in [-0.39, 0.29) is 29.1 Å². The second-order valence-corrected chi connectivity index (χ2v) is 11.4. The summed E-state index contributed by atoms with van der Waals surface area (Å²) >= 11 is 0. The van der Waals surface area contributed by atoms with Crippen LogP contribution in [0.1, 0.15) is 66.2 Å². The van der Waals surface area contributed by atoms with Gasteiger partial charge in [0, 0.05) is 35.0 Å². The molecule has 0 atom stereocenters. The summed E-state index contributed by atoms with van der Waals surface area (Å²) in [5, 5.41) is 17.2. The lowest BCUT2D eigenvalue weighted by Gasteiger charge is -2.24. The quantitative estimate of drug-likeness (QED) is 0.276. The van der Waals surface area contributed by atoms with Crippen LogP contribution < -0.4 is 16.6 Å². The predicted octanol–water partition coefficient (Wildman–Crippen LogP) is 4.68. The maximum atomic E-state index is 15.8. The third-order valence-electron chi connectivity index (χ3n) is 8.75. The number of aliphatic hydroxyl groups is 1. The van der Waals surface area contributed by atoms with Crippen LogP contribution >= 0.6 is 0 Å². The van der Waals surface area contributed by atoms with E-state index < -0.39 is 17.3 Å². The first-order valence-corrected chi connectivity index (χ1v) is 14.7. The van der Waals surface area contributed by atoms with Crippen LogP contribution in [0.2, 0.25) is 0 Å².